The monoisotopic (exact) mass is 360 g/mol. The molecule has 0 saturated heterocycles. The summed E-state index contributed by atoms with van der Waals surface area (Å²) in [6, 6.07) is 0. The summed E-state index contributed by atoms with van der Waals surface area (Å²) >= 11 is -5.38. The molecule has 0 radical (unpaired) electrons. The van der Waals surface area contributed by atoms with Crippen molar-refractivity contribution in [2.75, 3.05) is 0 Å². The van der Waals surface area contributed by atoms with Crippen LogP contribution in [0.25, 0.3) is 0 Å². The molecule has 8 nitrogen and oxygen atoms in total. The van der Waals surface area contributed by atoms with Crippen LogP contribution < -0.4 is 0 Å². The van der Waals surface area contributed by atoms with E-state index >= 15 is 0 Å². The van der Waals surface area contributed by atoms with E-state index in [-0.39, 0.29) is 51.4 Å². The van der Waals surface area contributed by atoms with E-state index in [4.69, 9.17) is 25.9 Å². The predicted octanol–water partition coefficient (Wildman–Crippen LogP) is 0.0337. The molecule has 2 atom stereocenters. The second kappa shape index (κ2) is 7.64. The van der Waals surface area contributed by atoms with E-state index < -0.39 is 41.7 Å². The average molecular weight is 360 g/mol. The van der Waals surface area contributed by atoms with Crippen LogP contribution in [-0.4, -0.2) is 77.7 Å². The summed E-state index contributed by atoms with van der Waals surface area (Å²) in [4.78, 5) is 22.0. The van der Waals surface area contributed by atoms with E-state index in [9.17, 15) is 9.59 Å². The van der Waals surface area contributed by atoms with Gasteiger partial charge in [0.2, 0.25) is 0 Å². The van der Waals surface area contributed by atoms with Crippen molar-refractivity contribution in [1.82, 2.24) is 0 Å². The van der Waals surface area contributed by atoms with Gasteiger partial charge in [-0.1, -0.05) is 13.8 Å². The van der Waals surface area contributed by atoms with Crippen LogP contribution in [0, 0.1) is 16.7 Å². The van der Waals surface area contributed by atoms with Crippen LogP contribution in [0.3, 0.4) is 0 Å². The molecular weight excluding hydrogens is 342 g/mol. The number of carboxylic acid groups (broad SMARTS) is 2. The summed E-state index contributed by atoms with van der Waals surface area (Å²) in [6.07, 6.45) is 0.886. The van der Waals surface area contributed by atoms with Gasteiger partial charge in [-0.25, -0.2) is 0 Å². The van der Waals surface area contributed by atoms with Gasteiger partial charge in [0.15, 0.2) is 0 Å². The van der Waals surface area contributed by atoms with Gasteiger partial charge in [0.1, 0.15) is 0 Å². The van der Waals surface area contributed by atoms with Crippen molar-refractivity contribution in [2.24, 2.45) is 16.7 Å². The van der Waals surface area contributed by atoms with Crippen LogP contribution in [0.1, 0.15) is 33.6 Å². The third kappa shape index (κ3) is 5.68. The van der Waals surface area contributed by atoms with Crippen molar-refractivity contribution in [1.29, 1.82) is 0 Å². The fourth-order valence-corrected chi connectivity index (χ4v) is 2.32. The van der Waals surface area contributed by atoms with Crippen molar-refractivity contribution in [3.05, 3.63) is 0 Å². The Bertz CT molecular complexity index is 518. The quantitative estimate of drug-likeness (QED) is 0.585. The zero-order valence-corrected chi connectivity index (χ0v) is 11.9. The number of carbonyl (C=O) groups is 2. The summed E-state index contributed by atoms with van der Waals surface area (Å²) in [5.74, 6) is -2.34. The number of hydrogen-bond acceptors (Lipinski definition) is 5. The molecule has 0 aromatic rings. The van der Waals surface area contributed by atoms with Gasteiger partial charge in [-0.3, -0.25) is 9.59 Å². The second-order valence-electron chi connectivity index (χ2n) is 5.18. The molecule has 0 amide bonds. The van der Waals surface area contributed by atoms with E-state index in [2.05, 4.69) is 0 Å². The molecule has 0 spiro atoms. The summed E-state index contributed by atoms with van der Waals surface area (Å²) in [6.45, 7) is 5.10. The molecule has 1 rings (SSSR count). The molecule has 10 heteroatoms. The first-order valence-corrected chi connectivity index (χ1v) is 7.30. The maximum atomic E-state index is 11.1. The molecule has 20 heavy (non-hydrogen) atoms. The first-order valence-electron chi connectivity index (χ1n) is 5.33. The van der Waals surface area contributed by atoms with Crippen LogP contribution in [0.2, 0.25) is 0 Å². The summed E-state index contributed by atoms with van der Waals surface area (Å²) in [7, 11) is 0. The molecule has 0 bridgehead atoms. The number of carboxylic acids is 2. The van der Waals surface area contributed by atoms with Crippen LogP contribution in [0.15, 0.2) is 0 Å². The van der Waals surface area contributed by atoms with Crippen molar-refractivity contribution in [3.63, 3.8) is 0 Å². The van der Waals surface area contributed by atoms with Gasteiger partial charge in [-0.15, -0.1) is 0 Å². The van der Waals surface area contributed by atoms with Gasteiger partial charge in [0.05, 0.1) is 11.3 Å². The number of rotatable bonds is 2. The maximum absolute atomic E-state index is 11.1. The fourth-order valence-electron chi connectivity index (χ4n) is 2.32. The first kappa shape index (κ1) is 22.7. The van der Waals surface area contributed by atoms with E-state index in [0.29, 0.717) is 12.8 Å². The van der Waals surface area contributed by atoms with E-state index in [1.54, 1.807) is 20.8 Å². The Morgan fingerprint density at radius 1 is 1.10 bits per heavy atom. The topological polar surface area (TPSA) is 146 Å². The Balaban J connectivity index is 0. The Morgan fingerprint density at radius 3 is 1.60 bits per heavy atom. The van der Waals surface area contributed by atoms with Crippen molar-refractivity contribution < 1.29 is 48.5 Å². The van der Waals surface area contributed by atoms with Crippen LogP contribution in [0.4, 0.5) is 0 Å². The molecule has 0 aliphatic heterocycles. The molecule has 1 fully saturated rings. The molecular formula is C10H18KMnO8. The molecule has 1 aliphatic carbocycles. The van der Waals surface area contributed by atoms with Crippen molar-refractivity contribution in [2.45, 2.75) is 33.6 Å². The summed E-state index contributed by atoms with van der Waals surface area (Å²) < 4.78 is 33.1. The fraction of sp³-hybridized carbons (Fsp3) is 0.800. The zero-order chi connectivity index (χ0) is 15.6. The molecule has 2 unspecified atom stereocenters. The molecule has 0 aromatic heterocycles. The van der Waals surface area contributed by atoms with Crippen LogP contribution in [0.5, 0.6) is 0 Å². The normalized spacial score (nSPS) is 27.7. The van der Waals surface area contributed by atoms with Crippen molar-refractivity contribution >= 4 is 63.3 Å². The van der Waals surface area contributed by atoms with Gasteiger partial charge in [-0.2, -0.15) is 0 Å². The minimum atomic E-state index is -5.38. The Kier molecular flexibility index (Phi) is 8.68. The average Bonchev–Trinajstić information content (AvgIpc) is 2.36. The zero-order valence-electron chi connectivity index (χ0n) is 10.8. The predicted molar refractivity (Wildman–Crippen MR) is 61.3 cm³/mol. The molecule has 114 valence electrons. The molecule has 1 saturated carbocycles. The van der Waals surface area contributed by atoms with E-state index in [1.807, 2.05) is 0 Å². The number of aliphatic carboxylic acids is 2. The minimum absolute atomic E-state index is 0. The SMILES string of the molecule is CC1(C(=O)O)CCC(C(=O)O)C1(C)C.[KH].[O]=[Mn](=[O])(=[O])[OH]. The first-order chi connectivity index (χ1) is 8.23. The summed E-state index contributed by atoms with van der Waals surface area (Å²) in [5.41, 5.74) is -1.61. The third-order valence-electron chi connectivity index (χ3n) is 4.00. The van der Waals surface area contributed by atoms with Gasteiger partial charge in [-0.05, 0) is 25.2 Å². The Hall–Kier alpha value is 0.456. The van der Waals surface area contributed by atoms with E-state index in [0.717, 1.165) is 0 Å². The molecule has 1 aliphatic rings. The van der Waals surface area contributed by atoms with E-state index in [1.165, 1.54) is 0 Å². The van der Waals surface area contributed by atoms with Gasteiger partial charge in [0.25, 0.3) is 0 Å². The van der Waals surface area contributed by atoms with Crippen LogP contribution in [-0.2, 0) is 34.1 Å². The standard InChI is InChI=1S/C10H16O4.K.Mn.H2O.3O.H/c1-9(2)6(7(11)12)4-5-10(9,3)8(13)14;;;;;;;/h6H,4-5H2,1-3H3,(H,11,12)(H,13,14);;;1H2;;;;/q;;+1;;;;;/p-1. The molecule has 0 aromatic carbocycles. The van der Waals surface area contributed by atoms with Gasteiger partial charge < -0.3 is 10.2 Å². The Morgan fingerprint density at radius 2 is 1.45 bits per heavy atom. The van der Waals surface area contributed by atoms with Gasteiger partial charge in [0, 0.05) is 0 Å². The summed E-state index contributed by atoms with van der Waals surface area (Å²) in [5, 5.41) is 18.1. The third-order valence-corrected chi connectivity index (χ3v) is 4.00. The Labute approximate surface area is 160 Å². The van der Waals surface area contributed by atoms with Gasteiger partial charge >= 0.3 is 92.0 Å². The van der Waals surface area contributed by atoms with Crippen LogP contribution >= 0.6 is 0 Å². The molecule has 0 heterocycles. The molecule has 3 N–H and O–H groups in total. The van der Waals surface area contributed by atoms with Crippen molar-refractivity contribution in [3.8, 4) is 0 Å². The number of hydrogen-bond donors (Lipinski definition) is 3. The second-order valence-corrected chi connectivity index (χ2v) is 6.42.